The topological polar surface area (TPSA) is 522 Å². The molecule has 378 valence electrons. The largest absolute Gasteiger partial charge is 0.479 e. The van der Waals surface area contributed by atoms with Crippen molar-refractivity contribution in [3.8, 4) is 0 Å². The zero-order valence-electron chi connectivity index (χ0n) is 33.5. The highest BCUT2D eigenvalue weighted by molar-refractivity contribution is 5.75. The van der Waals surface area contributed by atoms with Crippen LogP contribution in [0.4, 0.5) is 0 Å². The van der Waals surface area contributed by atoms with Crippen LogP contribution in [-0.2, 0) is 52.2 Å². The van der Waals surface area contributed by atoms with Gasteiger partial charge in [-0.05, 0) is 0 Å². The molecule has 31 heteroatoms. The maximum atomic E-state index is 12.0. The molecular weight excluding hydrogens is 904 g/mol. The average molecular weight is 961 g/mol. The van der Waals surface area contributed by atoms with Crippen molar-refractivity contribution >= 4 is 11.9 Å². The van der Waals surface area contributed by atoms with Crippen molar-refractivity contribution in [3.63, 3.8) is 0 Å². The molecule has 0 amide bonds. The minimum absolute atomic E-state index is 1.02. The Morgan fingerprint density at radius 1 is 0.508 bits per heavy atom. The van der Waals surface area contributed by atoms with E-state index in [1.165, 1.54) is 0 Å². The molecule has 27 atom stereocenters. The first-order valence-electron chi connectivity index (χ1n) is 19.8. The van der Waals surface area contributed by atoms with E-state index in [1.54, 1.807) is 0 Å². The van der Waals surface area contributed by atoms with Crippen LogP contribution in [0.5, 0.6) is 0 Å². The first kappa shape index (κ1) is 53.8. The predicted octanol–water partition coefficient (Wildman–Crippen LogP) is -13.3. The van der Waals surface area contributed by atoms with Crippen LogP contribution in [-0.4, -0.2) is 306 Å². The van der Waals surface area contributed by atoms with Gasteiger partial charge in [-0.25, -0.2) is 9.59 Å². The van der Waals surface area contributed by atoms with Crippen molar-refractivity contribution in [2.75, 3.05) is 26.4 Å². The second-order valence-electron chi connectivity index (χ2n) is 15.9. The third-order valence-electron chi connectivity index (χ3n) is 11.5. The molecule has 31 nitrogen and oxygen atoms in total. The fourth-order valence-electron chi connectivity index (χ4n) is 7.86. The summed E-state index contributed by atoms with van der Waals surface area (Å²) < 4.78 is 50.2. The number of aliphatic carboxylic acids is 2. The van der Waals surface area contributed by atoms with E-state index in [4.69, 9.17) is 42.6 Å². The lowest BCUT2D eigenvalue weighted by Crippen LogP contribution is -2.70. The minimum Gasteiger partial charge on any atom is -0.479 e. The maximum Gasteiger partial charge on any atom is 0.364 e. The Morgan fingerprint density at radius 2 is 0.985 bits per heavy atom. The molecule has 5 fully saturated rings. The molecule has 5 aliphatic rings. The van der Waals surface area contributed by atoms with E-state index in [9.17, 15) is 112 Å². The predicted molar refractivity (Wildman–Crippen MR) is 190 cm³/mol. The van der Waals surface area contributed by atoms with Gasteiger partial charge in [0.2, 0.25) is 0 Å². The van der Waals surface area contributed by atoms with Crippen molar-refractivity contribution in [2.45, 2.75) is 172 Å². The summed E-state index contributed by atoms with van der Waals surface area (Å²) >= 11 is 0. The summed E-state index contributed by atoms with van der Waals surface area (Å²) in [7, 11) is 0. The fraction of sp³-hybridized carbons (Fsp3) is 0.941. The van der Waals surface area contributed by atoms with Crippen LogP contribution in [0.3, 0.4) is 0 Å². The third-order valence-corrected chi connectivity index (χ3v) is 11.5. The van der Waals surface area contributed by atoms with Crippen molar-refractivity contribution in [3.05, 3.63) is 0 Å². The Morgan fingerprint density at radius 3 is 1.54 bits per heavy atom. The molecule has 20 N–H and O–H groups in total. The van der Waals surface area contributed by atoms with Gasteiger partial charge in [0.05, 0.1) is 32.5 Å². The summed E-state index contributed by atoms with van der Waals surface area (Å²) in [4.78, 5) is 23.7. The number of hydrogen-bond acceptors (Lipinski definition) is 29. The normalized spacial score (nSPS) is 48.9. The Balaban J connectivity index is 1.60. The van der Waals surface area contributed by atoms with Crippen molar-refractivity contribution in [1.82, 2.24) is 0 Å². The monoisotopic (exact) mass is 960 g/mol. The van der Waals surface area contributed by atoms with Gasteiger partial charge in [0.15, 0.2) is 31.3 Å². The fourth-order valence-corrected chi connectivity index (χ4v) is 7.86. The van der Waals surface area contributed by atoms with E-state index in [1.807, 2.05) is 0 Å². The van der Waals surface area contributed by atoms with E-state index < -0.39 is 210 Å². The molecule has 0 aromatic rings. The number of ether oxygens (including phenoxy) is 9. The maximum absolute atomic E-state index is 12.0. The lowest BCUT2D eigenvalue weighted by Gasteiger charge is -2.52. The standard InChI is InChI=1S/C34H56O31/c35-2-7(40)20-15(47)16(48)26(63-30-18(50)13(45)14(46)25(62-30)28(52)53)32(58-20)61-24-19(51)31(59-21-6(39)1-34(56,33(54)55)65-23(21)9(42)4-37)60-22(8(41)3-36)27(24)64-29-17(49)12(44)11(43)10(5-38)57-29/h6-27,29-32,35-51,56H,1-5H2,(H,52,53)(H,54,55)/t6-,7?,8?,9?,10?,11-,12+,13+,14+,15+,16+,17?,18?,19+,20?,21+,22?,23?,24?,25?,26?,27+,29+,30+,31+,32-,34-/m1/s1. The molecule has 0 bridgehead atoms. The van der Waals surface area contributed by atoms with Crippen LogP contribution in [0.1, 0.15) is 6.42 Å². The van der Waals surface area contributed by atoms with Crippen molar-refractivity contribution in [1.29, 1.82) is 0 Å². The van der Waals surface area contributed by atoms with Crippen LogP contribution < -0.4 is 0 Å². The van der Waals surface area contributed by atoms with Crippen LogP contribution in [0.15, 0.2) is 0 Å². The van der Waals surface area contributed by atoms with Gasteiger partial charge in [-0.15, -0.1) is 0 Å². The summed E-state index contributed by atoms with van der Waals surface area (Å²) in [5, 5.41) is 210. The Bertz CT molecular complexity index is 1550. The van der Waals surface area contributed by atoms with Crippen molar-refractivity contribution in [2.24, 2.45) is 0 Å². The van der Waals surface area contributed by atoms with Crippen LogP contribution >= 0.6 is 0 Å². The lowest BCUT2D eigenvalue weighted by molar-refractivity contribution is -0.413. The van der Waals surface area contributed by atoms with Gasteiger partial charge in [0, 0.05) is 6.42 Å². The first-order valence-corrected chi connectivity index (χ1v) is 19.8. The molecule has 0 spiro atoms. The van der Waals surface area contributed by atoms with Gasteiger partial charge in [0.25, 0.3) is 5.79 Å². The number of hydrogen-bond donors (Lipinski definition) is 20. The van der Waals surface area contributed by atoms with Gasteiger partial charge < -0.3 is 145 Å². The van der Waals surface area contributed by atoms with Crippen LogP contribution in [0.2, 0.25) is 0 Å². The molecule has 65 heavy (non-hydrogen) atoms. The molecule has 5 aliphatic heterocycles. The molecule has 5 heterocycles. The molecule has 0 aromatic heterocycles. The molecule has 0 aromatic carbocycles. The Kier molecular flexibility index (Phi) is 18.3. The summed E-state index contributed by atoms with van der Waals surface area (Å²) in [6, 6.07) is 0. The number of aliphatic hydroxyl groups is 18. The molecule has 5 saturated heterocycles. The molecule has 0 radical (unpaired) electrons. The quantitative estimate of drug-likeness (QED) is 0.0643. The minimum atomic E-state index is -3.21. The highest BCUT2D eigenvalue weighted by Crippen LogP contribution is 2.39. The highest BCUT2D eigenvalue weighted by atomic mass is 16.8. The zero-order chi connectivity index (χ0) is 48.6. The van der Waals surface area contributed by atoms with Crippen LogP contribution in [0, 0.1) is 0 Å². The summed E-state index contributed by atoms with van der Waals surface area (Å²) in [5.74, 6) is -7.17. The van der Waals surface area contributed by atoms with Gasteiger partial charge in [-0.2, -0.15) is 0 Å². The Labute approximate surface area is 364 Å². The SMILES string of the molecule is O=C(O)C1O[C@@H](OC2[C@@H](OC3[C@@H](O[C@@H]4OC(CO)[C@@H](O)[C@H](O)C4O)C(C(O)CO)O[C@H](O[C@@H]4C(C(O)CO)O[C@@](O)(C(=O)O)C[C@H]4O)[C@H]3O)OC(C(O)CO)[C@@H](O)[C@@H]2O)C(O)[C@@H](O)[C@@H]1O. The molecule has 0 saturated carbocycles. The lowest BCUT2D eigenvalue weighted by atomic mass is 9.91. The summed E-state index contributed by atoms with van der Waals surface area (Å²) in [5.41, 5.74) is 0. The average Bonchev–Trinajstić information content (AvgIpc) is 3.27. The summed E-state index contributed by atoms with van der Waals surface area (Å²) in [6.07, 6.45) is -59.6. The Hall–Kier alpha value is -2.14. The van der Waals surface area contributed by atoms with Gasteiger partial charge in [0.1, 0.15) is 122 Å². The van der Waals surface area contributed by atoms with E-state index >= 15 is 0 Å². The molecule has 0 aliphatic carbocycles. The molecule has 12 unspecified atom stereocenters. The van der Waals surface area contributed by atoms with Gasteiger partial charge in [-0.1, -0.05) is 0 Å². The summed E-state index contributed by atoms with van der Waals surface area (Å²) in [6.45, 7) is -4.72. The number of carboxylic acids is 2. The smallest absolute Gasteiger partial charge is 0.364 e. The highest BCUT2D eigenvalue weighted by Gasteiger charge is 2.60. The van der Waals surface area contributed by atoms with E-state index in [2.05, 4.69) is 0 Å². The van der Waals surface area contributed by atoms with E-state index in [0.717, 1.165) is 0 Å². The number of aliphatic hydroxyl groups excluding tert-OH is 17. The molecular formula is C34H56O31. The van der Waals surface area contributed by atoms with Gasteiger partial charge in [-0.3, -0.25) is 0 Å². The second-order valence-corrected chi connectivity index (χ2v) is 15.9. The molecule has 5 rings (SSSR count). The van der Waals surface area contributed by atoms with Crippen molar-refractivity contribution < 1.29 is 154 Å². The van der Waals surface area contributed by atoms with E-state index in [-0.39, 0.29) is 0 Å². The van der Waals surface area contributed by atoms with Crippen LogP contribution in [0.25, 0.3) is 0 Å². The van der Waals surface area contributed by atoms with Gasteiger partial charge >= 0.3 is 11.9 Å². The second kappa shape index (κ2) is 22.1. The van der Waals surface area contributed by atoms with E-state index in [0.29, 0.717) is 0 Å². The number of carboxylic acid groups (broad SMARTS) is 2. The first-order chi connectivity index (χ1) is 30.5. The third kappa shape index (κ3) is 11.0. The number of carbonyl (C=O) groups is 2. The number of rotatable bonds is 17. The zero-order valence-corrected chi connectivity index (χ0v) is 33.5.